The Morgan fingerprint density at radius 1 is 1.17 bits per heavy atom. The standard InChI is InChI=1S/C19H18FN3O/c1-14-5-4-6-15(13-14)9-11-21-19(24)17-10-12-23(22-17)18-8-3-2-7-16(18)20/h2-8,10,12-13H,9,11H2,1H3,(H,21,24). The van der Waals surface area contributed by atoms with Crippen LogP contribution in [0.3, 0.4) is 0 Å². The van der Waals surface area contributed by atoms with Crippen LogP contribution in [0.25, 0.3) is 5.69 Å². The van der Waals surface area contributed by atoms with Crippen LogP contribution < -0.4 is 5.32 Å². The number of hydrogen-bond donors (Lipinski definition) is 1. The maximum Gasteiger partial charge on any atom is 0.271 e. The third kappa shape index (κ3) is 3.68. The highest BCUT2D eigenvalue weighted by Gasteiger charge is 2.11. The van der Waals surface area contributed by atoms with E-state index in [2.05, 4.69) is 16.5 Å². The molecule has 1 aromatic heterocycles. The van der Waals surface area contributed by atoms with E-state index >= 15 is 0 Å². The molecule has 0 saturated heterocycles. The molecule has 0 radical (unpaired) electrons. The molecule has 4 nitrogen and oxygen atoms in total. The van der Waals surface area contributed by atoms with Gasteiger partial charge in [0.25, 0.3) is 5.91 Å². The third-order valence-corrected chi connectivity index (χ3v) is 3.70. The molecular weight excluding hydrogens is 305 g/mol. The number of hydrogen-bond acceptors (Lipinski definition) is 2. The van der Waals surface area contributed by atoms with Gasteiger partial charge in [-0.3, -0.25) is 4.79 Å². The highest BCUT2D eigenvalue weighted by molar-refractivity contribution is 5.92. The van der Waals surface area contributed by atoms with Gasteiger partial charge in [0.2, 0.25) is 0 Å². The van der Waals surface area contributed by atoms with Crippen molar-refractivity contribution in [3.8, 4) is 5.69 Å². The van der Waals surface area contributed by atoms with E-state index in [0.717, 1.165) is 6.42 Å². The van der Waals surface area contributed by atoms with Gasteiger partial charge in [-0.1, -0.05) is 42.0 Å². The van der Waals surface area contributed by atoms with Gasteiger partial charge in [0.05, 0.1) is 0 Å². The molecule has 3 aromatic rings. The fraction of sp³-hybridized carbons (Fsp3) is 0.158. The zero-order chi connectivity index (χ0) is 16.9. The fourth-order valence-electron chi connectivity index (χ4n) is 2.50. The van der Waals surface area contributed by atoms with Gasteiger partial charge in [-0.25, -0.2) is 9.07 Å². The number of aryl methyl sites for hydroxylation is 1. The first kappa shape index (κ1) is 15.9. The van der Waals surface area contributed by atoms with Crippen molar-refractivity contribution in [2.45, 2.75) is 13.3 Å². The van der Waals surface area contributed by atoms with Crippen LogP contribution in [0, 0.1) is 12.7 Å². The Bertz CT molecular complexity index is 857. The lowest BCUT2D eigenvalue weighted by Crippen LogP contribution is -2.26. The average molecular weight is 323 g/mol. The molecule has 0 aliphatic carbocycles. The summed E-state index contributed by atoms with van der Waals surface area (Å²) in [7, 11) is 0. The molecule has 0 atom stereocenters. The van der Waals surface area contributed by atoms with E-state index in [9.17, 15) is 9.18 Å². The Hall–Kier alpha value is -2.95. The first-order valence-corrected chi connectivity index (χ1v) is 7.78. The smallest absolute Gasteiger partial charge is 0.271 e. The molecule has 24 heavy (non-hydrogen) atoms. The molecule has 5 heteroatoms. The van der Waals surface area contributed by atoms with Gasteiger partial charge in [0.15, 0.2) is 5.69 Å². The van der Waals surface area contributed by atoms with Gasteiger partial charge in [-0.2, -0.15) is 5.10 Å². The van der Waals surface area contributed by atoms with Gasteiger partial charge in [-0.05, 0) is 37.1 Å². The predicted molar refractivity (Wildman–Crippen MR) is 90.7 cm³/mol. The monoisotopic (exact) mass is 323 g/mol. The molecule has 0 saturated carbocycles. The van der Waals surface area contributed by atoms with Crippen LogP contribution in [0.15, 0.2) is 60.8 Å². The van der Waals surface area contributed by atoms with E-state index in [1.165, 1.54) is 21.9 Å². The minimum absolute atomic E-state index is 0.266. The maximum absolute atomic E-state index is 13.7. The van der Waals surface area contributed by atoms with Crippen molar-refractivity contribution in [3.05, 3.63) is 83.4 Å². The molecule has 1 heterocycles. The van der Waals surface area contributed by atoms with E-state index in [-0.39, 0.29) is 17.4 Å². The van der Waals surface area contributed by atoms with E-state index in [1.807, 2.05) is 25.1 Å². The minimum Gasteiger partial charge on any atom is -0.350 e. The Morgan fingerprint density at radius 2 is 2.00 bits per heavy atom. The Labute approximate surface area is 139 Å². The fourth-order valence-corrected chi connectivity index (χ4v) is 2.50. The van der Waals surface area contributed by atoms with Crippen LogP contribution in [-0.4, -0.2) is 22.2 Å². The topological polar surface area (TPSA) is 46.9 Å². The lowest BCUT2D eigenvalue weighted by Gasteiger charge is -2.05. The lowest BCUT2D eigenvalue weighted by molar-refractivity contribution is 0.0948. The number of nitrogens with one attached hydrogen (secondary N) is 1. The molecule has 0 unspecified atom stereocenters. The first-order valence-electron chi connectivity index (χ1n) is 7.78. The number of amides is 1. The Kier molecular flexibility index (Phi) is 4.70. The number of carbonyl (C=O) groups is 1. The maximum atomic E-state index is 13.7. The molecule has 2 aromatic carbocycles. The van der Waals surface area contributed by atoms with Crippen molar-refractivity contribution < 1.29 is 9.18 Å². The number of rotatable bonds is 5. The van der Waals surface area contributed by atoms with Crippen LogP contribution >= 0.6 is 0 Å². The quantitative estimate of drug-likeness (QED) is 0.783. The van der Waals surface area contributed by atoms with Crippen molar-refractivity contribution in [1.29, 1.82) is 0 Å². The Morgan fingerprint density at radius 3 is 2.79 bits per heavy atom. The van der Waals surface area contributed by atoms with Crippen molar-refractivity contribution in [3.63, 3.8) is 0 Å². The number of benzene rings is 2. The molecule has 0 bridgehead atoms. The van der Waals surface area contributed by atoms with Crippen LogP contribution in [0.1, 0.15) is 21.6 Å². The van der Waals surface area contributed by atoms with Crippen LogP contribution in [0.4, 0.5) is 4.39 Å². The SMILES string of the molecule is Cc1cccc(CCNC(=O)c2ccn(-c3ccccc3F)n2)c1. The summed E-state index contributed by atoms with van der Waals surface area (Å²) in [5.74, 6) is -0.648. The molecule has 0 spiro atoms. The predicted octanol–water partition coefficient (Wildman–Crippen LogP) is 3.29. The van der Waals surface area contributed by atoms with Crippen molar-refractivity contribution in [2.24, 2.45) is 0 Å². The van der Waals surface area contributed by atoms with Gasteiger partial charge >= 0.3 is 0 Å². The van der Waals surface area contributed by atoms with E-state index in [0.29, 0.717) is 12.2 Å². The molecule has 3 rings (SSSR count). The largest absolute Gasteiger partial charge is 0.350 e. The molecular formula is C19H18FN3O. The van der Waals surface area contributed by atoms with E-state index in [4.69, 9.17) is 0 Å². The number of nitrogens with zero attached hydrogens (tertiary/aromatic N) is 2. The molecule has 0 aliphatic heterocycles. The summed E-state index contributed by atoms with van der Waals surface area (Å²) < 4.78 is 15.1. The summed E-state index contributed by atoms with van der Waals surface area (Å²) in [6.45, 7) is 2.56. The van der Waals surface area contributed by atoms with Gasteiger partial charge in [0.1, 0.15) is 11.5 Å². The number of carbonyl (C=O) groups excluding carboxylic acids is 1. The second kappa shape index (κ2) is 7.08. The van der Waals surface area contributed by atoms with Crippen molar-refractivity contribution in [2.75, 3.05) is 6.54 Å². The van der Waals surface area contributed by atoms with E-state index < -0.39 is 0 Å². The van der Waals surface area contributed by atoms with Crippen molar-refractivity contribution in [1.82, 2.24) is 15.1 Å². The zero-order valence-electron chi connectivity index (χ0n) is 13.4. The molecule has 0 fully saturated rings. The van der Waals surface area contributed by atoms with Gasteiger partial charge in [-0.15, -0.1) is 0 Å². The molecule has 0 aliphatic rings. The second-order valence-electron chi connectivity index (χ2n) is 5.59. The summed E-state index contributed by atoms with van der Waals surface area (Å²) in [4.78, 5) is 12.2. The number of aromatic nitrogens is 2. The van der Waals surface area contributed by atoms with E-state index in [1.54, 1.807) is 30.5 Å². The summed E-state index contributed by atoms with van der Waals surface area (Å²) in [6, 6.07) is 16.1. The zero-order valence-corrected chi connectivity index (χ0v) is 13.4. The minimum atomic E-state index is -0.382. The second-order valence-corrected chi connectivity index (χ2v) is 5.59. The summed E-state index contributed by atoms with van der Waals surface area (Å²) >= 11 is 0. The average Bonchev–Trinajstić information content (AvgIpc) is 3.05. The highest BCUT2D eigenvalue weighted by Crippen LogP contribution is 2.12. The summed E-state index contributed by atoms with van der Waals surface area (Å²) in [5.41, 5.74) is 2.95. The van der Waals surface area contributed by atoms with Crippen LogP contribution in [-0.2, 0) is 6.42 Å². The van der Waals surface area contributed by atoms with Crippen LogP contribution in [0.5, 0.6) is 0 Å². The lowest BCUT2D eigenvalue weighted by atomic mass is 10.1. The third-order valence-electron chi connectivity index (χ3n) is 3.70. The highest BCUT2D eigenvalue weighted by atomic mass is 19.1. The molecule has 1 amide bonds. The number of halogens is 1. The summed E-state index contributed by atoms with van der Waals surface area (Å²) in [6.07, 6.45) is 2.33. The van der Waals surface area contributed by atoms with Crippen LogP contribution in [0.2, 0.25) is 0 Å². The molecule has 122 valence electrons. The number of para-hydroxylation sites is 1. The van der Waals surface area contributed by atoms with Gasteiger partial charge < -0.3 is 5.32 Å². The first-order chi connectivity index (χ1) is 11.6. The normalized spacial score (nSPS) is 10.6. The van der Waals surface area contributed by atoms with Crippen molar-refractivity contribution >= 4 is 5.91 Å². The summed E-state index contributed by atoms with van der Waals surface area (Å²) in [5, 5.41) is 6.98. The Balaban J connectivity index is 1.61. The van der Waals surface area contributed by atoms with Gasteiger partial charge in [0, 0.05) is 12.7 Å². The molecule has 1 N–H and O–H groups in total.